The molecule has 4 aliphatic rings. The number of benzene rings is 4. The lowest BCUT2D eigenvalue weighted by Gasteiger charge is -2.31. The lowest BCUT2D eigenvalue weighted by molar-refractivity contribution is -0.141. The van der Waals surface area contributed by atoms with Gasteiger partial charge in [-0.25, -0.2) is 26.3 Å². The Bertz CT molecular complexity index is 3140. The number of aryl methyl sites for hydroxylation is 2. The van der Waals surface area contributed by atoms with E-state index in [0.29, 0.717) is 12.8 Å². The van der Waals surface area contributed by atoms with Crippen LogP contribution in [0.25, 0.3) is 0 Å². The van der Waals surface area contributed by atoms with Crippen molar-refractivity contribution in [2.24, 2.45) is 0 Å². The minimum Gasteiger partial charge on any atom is -0.347 e. The standard InChI is InChI=1S/C60H72N10O10S2.2ClH/c1-39(61-3)55(71)65-51(59(75)69-37-43(67-81(77,78)45-25-9-7-10-26-45)35-53(69)57(73)63-49-33-19-23-41-21-15-17-29-47(41)49)31-13-5-6-14-32-52(66-56(72)40(2)62-4)60(76)70-38-44(68-82(79,80)46-27-11-8-12-28-46)36-54(70)58(74)64-50-34-20-24-42-22-16-18-30-48(42)50;;/h7-12,15-18,21-22,25-30,39-40,43-44,49-54,61-62,67-68H,19-20,23-24,31-38H2,1-4H3,(H,63,73)(H,64,74)(H,65,71)(H,66,72);2*1H/t39-,40-,43-,44-,49+,50?,51-,52-,53-,54-;;/m0../s1. The van der Waals surface area contributed by atoms with E-state index in [1.54, 1.807) is 64.3 Å². The van der Waals surface area contributed by atoms with Crippen molar-refractivity contribution in [3.8, 4) is 23.7 Å². The van der Waals surface area contributed by atoms with Gasteiger partial charge in [0, 0.05) is 38.0 Å². The summed E-state index contributed by atoms with van der Waals surface area (Å²) in [7, 11) is -5.02. The number of nitrogens with zero attached hydrogens (tertiary/aromatic N) is 2. The van der Waals surface area contributed by atoms with Crippen molar-refractivity contribution in [2.45, 2.75) is 148 Å². The molecule has 8 rings (SSSR count). The number of likely N-dealkylation sites (N-methyl/N-ethyl adjacent to an activating group) is 2. The molecule has 24 heteroatoms. The van der Waals surface area contributed by atoms with Crippen LogP contribution in [0.15, 0.2) is 119 Å². The summed E-state index contributed by atoms with van der Waals surface area (Å²) >= 11 is 0. The van der Waals surface area contributed by atoms with Gasteiger partial charge in [-0.05, 0) is 138 Å². The van der Waals surface area contributed by atoms with Crippen molar-refractivity contribution in [2.75, 3.05) is 27.2 Å². The molecule has 2 fully saturated rings. The van der Waals surface area contributed by atoms with E-state index in [4.69, 9.17) is 0 Å². The number of carbonyl (C=O) groups excluding carboxylic acids is 6. The zero-order valence-corrected chi connectivity index (χ0v) is 50.5. The molecule has 2 saturated heterocycles. The first kappa shape index (κ1) is 66.3. The van der Waals surface area contributed by atoms with Crippen LogP contribution in [0, 0.1) is 23.7 Å². The Hall–Kier alpha value is -6.86. The van der Waals surface area contributed by atoms with Crippen molar-refractivity contribution in [3.05, 3.63) is 131 Å². The third-order valence-electron chi connectivity index (χ3n) is 15.6. The maximum atomic E-state index is 14.9. The molecule has 2 heterocycles. The predicted octanol–water partition coefficient (Wildman–Crippen LogP) is 3.09. The van der Waals surface area contributed by atoms with Gasteiger partial charge in [0.15, 0.2) is 0 Å². The van der Waals surface area contributed by atoms with Gasteiger partial charge >= 0.3 is 0 Å². The average molecular weight is 1230 g/mol. The second-order valence-corrected chi connectivity index (χ2v) is 24.6. The number of hydrogen-bond acceptors (Lipinski definition) is 12. The van der Waals surface area contributed by atoms with Crippen molar-refractivity contribution in [3.63, 3.8) is 0 Å². The van der Waals surface area contributed by atoms with E-state index >= 15 is 0 Å². The first-order valence-corrected chi connectivity index (χ1v) is 30.8. The number of sulfonamides is 2. The molecule has 2 aliphatic heterocycles. The Balaban J connectivity index is 0.00000566. The van der Waals surface area contributed by atoms with Crippen molar-refractivity contribution >= 4 is 80.3 Å². The number of nitrogens with one attached hydrogen (secondary N) is 8. The zero-order chi connectivity index (χ0) is 58.6. The zero-order valence-electron chi connectivity index (χ0n) is 47.3. The number of hydrogen-bond donors (Lipinski definition) is 8. The van der Waals surface area contributed by atoms with Gasteiger partial charge in [-0.15, -0.1) is 24.8 Å². The highest BCUT2D eigenvalue weighted by atomic mass is 35.5. The average Bonchev–Trinajstić information content (AvgIpc) is 4.12. The quantitative estimate of drug-likeness (QED) is 0.0594. The fraction of sp³-hybridized carbons (Fsp3) is 0.433. The molecule has 450 valence electrons. The third kappa shape index (κ3) is 16.5. The molecule has 8 N–H and O–H groups in total. The van der Waals surface area contributed by atoms with E-state index in [1.165, 1.54) is 34.1 Å². The lowest BCUT2D eigenvalue weighted by atomic mass is 9.87. The van der Waals surface area contributed by atoms with E-state index < -0.39 is 104 Å². The van der Waals surface area contributed by atoms with Crippen LogP contribution in [0.5, 0.6) is 0 Å². The van der Waals surface area contributed by atoms with Crippen LogP contribution in [0.2, 0.25) is 0 Å². The molecular formula is C60H74Cl2N10O10S2. The number of carbonyl (C=O) groups is 6. The van der Waals surface area contributed by atoms with Crippen LogP contribution in [0.1, 0.15) is 99.6 Å². The molecule has 1 unspecified atom stereocenters. The van der Waals surface area contributed by atoms with Gasteiger partial charge in [0.1, 0.15) is 24.2 Å². The summed E-state index contributed by atoms with van der Waals surface area (Å²) in [5, 5.41) is 17.5. The Morgan fingerprint density at radius 3 is 1.26 bits per heavy atom. The van der Waals surface area contributed by atoms with Gasteiger partial charge < -0.3 is 41.7 Å². The highest BCUT2D eigenvalue weighted by Gasteiger charge is 2.46. The molecule has 0 aromatic heterocycles. The molecule has 6 amide bonds. The van der Waals surface area contributed by atoms with Crippen LogP contribution in [0.3, 0.4) is 0 Å². The Kier molecular flexibility index (Phi) is 23.9. The fourth-order valence-corrected chi connectivity index (χ4v) is 13.5. The van der Waals surface area contributed by atoms with Gasteiger partial charge in [0.25, 0.3) is 0 Å². The van der Waals surface area contributed by atoms with Gasteiger partial charge in [0.05, 0.1) is 34.0 Å². The Morgan fingerprint density at radius 2 is 0.893 bits per heavy atom. The summed E-state index contributed by atoms with van der Waals surface area (Å²) in [6, 6.07) is 22.2. The SMILES string of the molecule is CN[C@@H](C)C(=O)N[C@@H](CC#CC#CC[C@H](NC(=O)[C@H](C)NC)C(=O)N1C[C@@H](NS(=O)(=O)c2ccccc2)C[C@H]1C(=O)N[C@@H]1CCCc2ccccc21)C(=O)N1C[C@@H](NS(=O)(=O)c2ccccc2)C[C@H]1C(=O)NC1CCCc2ccccc21.Cl.Cl. The lowest BCUT2D eigenvalue weighted by Crippen LogP contribution is -2.55. The van der Waals surface area contributed by atoms with E-state index in [2.05, 4.69) is 65.0 Å². The molecule has 10 atom stereocenters. The van der Waals surface area contributed by atoms with E-state index in [0.717, 1.165) is 47.9 Å². The highest BCUT2D eigenvalue weighted by molar-refractivity contribution is 7.89. The number of likely N-dealkylation sites (tertiary alicyclic amines) is 2. The third-order valence-corrected chi connectivity index (χ3v) is 18.7. The molecule has 4 aromatic carbocycles. The van der Waals surface area contributed by atoms with E-state index in [-0.39, 0.29) is 85.5 Å². The Morgan fingerprint density at radius 1 is 0.536 bits per heavy atom. The molecule has 4 aromatic rings. The highest BCUT2D eigenvalue weighted by Crippen LogP contribution is 2.33. The molecule has 0 radical (unpaired) electrons. The van der Waals surface area contributed by atoms with Crippen molar-refractivity contribution < 1.29 is 45.6 Å². The second-order valence-electron chi connectivity index (χ2n) is 21.2. The van der Waals surface area contributed by atoms with Crippen molar-refractivity contribution in [1.82, 2.24) is 51.1 Å². The van der Waals surface area contributed by atoms with Crippen LogP contribution < -0.4 is 41.3 Å². The maximum absolute atomic E-state index is 14.9. The number of rotatable bonds is 20. The summed E-state index contributed by atoms with van der Waals surface area (Å²) in [5.41, 5.74) is 4.14. The van der Waals surface area contributed by atoms with Crippen LogP contribution in [-0.2, 0) is 61.7 Å². The number of fused-ring (bicyclic) bond motifs is 2. The summed E-state index contributed by atoms with van der Waals surface area (Å²) in [5.74, 6) is 7.68. The smallest absolute Gasteiger partial charge is 0.246 e. The largest absolute Gasteiger partial charge is 0.347 e. The van der Waals surface area contributed by atoms with Gasteiger partial charge in [-0.3, -0.25) is 28.8 Å². The Labute approximate surface area is 504 Å². The van der Waals surface area contributed by atoms with Crippen LogP contribution in [-0.4, -0.2) is 138 Å². The predicted molar refractivity (Wildman–Crippen MR) is 322 cm³/mol. The van der Waals surface area contributed by atoms with Gasteiger partial charge in [-0.2, -0.15) is 0 Å². The monoisotopic (exact) mass is 1230 g/mol. The van der Waals surface area contributed by atoms with Gasteiger partial charge in [-0.1, -0.05) is 96.8 Å². The van der Waals surface area contributed by atoms with Crippen molar-refractivity contribution in [1.29, 1.82) is 0 Å². The minimum atomic E-state index is -4.08. The number of amides is 6. The number of halogens is 2. The molecule has 84 heavy (non-hydrogen) atoms. The molecule has 0 spiro atoms. The molecule has 2 aliphatic carbocycles. The maximum Gasteiger partial charge on any atom is 0.246 e. The van der Waals surface area contributed by atoms with Gasteiger partial charge in [0.2, 0.25) is 55.5 Å². The van der Waals surface area contributed by atoms with Crippen LogP contribution >= 0.6 is 24.8 Å². The molecule has 0 bridgehead atoms. The van der Waals surface area contributed by atoms with E-state index in [1.807, 2.05) is 48.5 Å². The fourth-order valence-electron chi connectivity index (χ4n) is 11.0. The normalized spacial score (nSPS) is 21.2. The molecule has 0 saturated carbocycles. The minimum absolute atomic E-state index is 0. The summed E-state index contributed by atoms with van der Waals surface area (Å²) < 4.78 is 59.8. The molecular weight excluding hydrogens is 1160 g/mol. The second kappa shape index (κ2) is 30.3. The topological polar surface area (TPSA) is 273 Å². The van der Waals surface area contributed by atoms with Crippen LogP contribution in [0.4, 0.5) is 0 Å². The van der Waals surface area contributed by atoms with E-state index in [9.17, 15) is 45.6 Å². The summed E-state index contributed by atoms with van der Waals surface area (Å²) in [4.78, 5) is 88.1. The summed E-state index contributed by atoms with van der Waals surface area (Å²) in [6.45, 7) is 2.79. The summed E-state index contributed by atoms with van der Waals surface area (Å²) in [6.07, 6.45) is 3.95. The first-order valence-electron chi connectivity index (χ1n) is 27.8. The molecule has 20 nitrogen and oxygen atoms in total. The first-order chi connectivity index (χ1) is 39.4.